The van der Waals surface area contributed by atoms with Gasteiger partial charge in [-0.25, -0.2) is 4.98 Å². The van der Waals surface area contributed by atoms with E-state index in [1.165, 1.54) is 6.33 Å². The summed E-state index contributed by atoms with van der Waals surface area (Å²) in [6, 6.07) is 0.479. The molecule has 0 saturated heterocycles. The Balaban J connectivity index is 2.23. The summed E-state index contributed by atoms with van der Waals surface area (Å²) in [6.07, 6.45) is 4.37. The molecule has 1 aliphatic rings. The Morgan fingerprint density at radius 2 is 2.41 bits per heavy atom. The molecule has 0 spiro atoms. The molecule has 1 saturated carbocycles. The fourth-order valence-electron chi connectivity index (χ4n) is 1.65. The first-order chi connectivity index (χ1) is 8.09. The molecule has 3 N–H and O–H groups in total. The van der Waals surface area contributed by atoms with Crippen molar-refractivity contribution in [1.82, 2.24) is 9.97 Å². The maximum absolute atomic E-state index is 11.5. The first-order valence-electron chi connectivity index (χ1n) is 5.37. The molecule has 7 heteroatoms. The van der Waals surface area contributed by atoms with Crippen LogP contribution in [0, 0.1) is 3.57 Å². The van der Waals surface area contributed by atoms with Gasteiger partial charge < -0.3 is 15.6 Å². The smallest absolute Gasteiger partial charge is 0.266 e. The number of nitrogens with one attached hydrogen (secondary N) is 1. The third kappa shape index (κ3) is 3.15. The minimum atomic E-state index is -0.100. The highest BCUT2D eigenvalue weighted by atomic mass is 127. The second kappa shape index (κ2) is 5.30. The van der Waals surface area contributed by atoms with Gasteiger partial charge in [0.05, 0.1) is 11.3 Å². The molecule has 5 nitrogen and oxygen atoms in total. The predicted octanol–water partition coefficient (Wildman–Crippen LogP) is 1.02. The number of H-pyrrole nitrogens is 1. The quantitative estimate of drug-likeness (QED) is 0.603. The summed E-state index contributed by atoms with van der Waals surface area (Å²) in [5.74, 6) is 0.744. The molecule has 0 aromatic carbocycles. The van der Waals surface area contributed by atoms with Crippen molar-refractivity contribution in [2.75, 3.05) is 11.4 Å². The van der Waals surface area contributed by atoms with E-state index in [0.29, 0.717) is 21.0 Å². The molecule has 0 radical (unpaired) electrons. The van der Waals surface area contributed by atoms with Gasteiger partial charge in [0.25, 0.3) is 5.56 Å². The standard InChI is InChI=1S/C10H13IN4OS/c11-8-9(13-5-14-10(8)16)15(6-1-2-6)4-3-7(12)17/h5-6H,1-4H2,(H2,12,17)(H,13,14,16). The van der Waals surface area contributed by atoms with Gasteiger partial charge in [-0.3, -0.25) is 4.79 Å². The van der Waals surface area contributed by atoms with Crippen LogP contribution in [0.25, 0.3) is 0 Å². The molecule has 0 unspecified atom stereocenters. The molecule has 92 valence electrons. The molecule has 1 fully saturated rings. The van der Waals surface area contributed by atoms with Crippen LogP contribution in [-0.2, 0) is 0 Å². The molecule has 2 rings (SSSR count). The van der Waals surface area contributed by atoms with Gasteiger partial charge in [-0.15, -0.1) is 0 Å². The van der Waals surface area contributed by atoms with Crippen molar-refractivity contribution >= 4 is 45.6 Å². The lowest BCUT2D eigenvalue weighted by Gasteiger charge is -2.23. The maximum atomic E-state index is 11.5. The first kappa shape index (κ1) is 12.7. The van der Waals surface area contributed by atoms with E-state index in [2.05, 4.69) is 14.9 Å². The van der Waals surface area contributed by atoms with E-state index >= 15 is 0 Å². The number of nitrogens with two attached hydrogens (primary N) is 1. The second-order valence-electron chi connectivity index (χ2n) is 4.01. The Morgan fingerprint density at radius 3 is 3.00 bits per heavy atom. The lowest BCUT2D eigenvalue weighted by Crippen LogP contribution is -2.32. The average molecular weight is 364 g/mol. The Bertz CT molecular complexity index is 485. The number of nitrogens with zero attached hydrogens (tertiary/aromatic N) is 2. The Kier molecular flexibility index (Phi) is 3.97. The maximum Gasteiger partial charge on any atom is 0.266 e. The van der Waals surface area contributed by atoms with Gasteiger partial charge in [0.1, 0.15) is 9.39 Å². The number of aromatic amines is 1. The number of thiocarbonyl (C=S) groups is 1. The van der Waals surface area contributed by atoms with E-state index < -0.39 is 0 Å². The van der Waals surface area contributed by atoms with E-state index in [4.69, 9.17) is 18.0 Å². The predicted molar refractivity (Wildman–Crippen MR) is 79.3 cm³/mol. The SMILES string of the molecule is NC(=S)CCN(c1nc[nH]c(=O)c1I)C1CC1. The van der Waals surface area contributed by atoms with Crippen LogP contribution in [0.2, 0.25) is 0 Å². The molecule has 1 aliphatic carbocycles. The van der Waals surface area contributed by atoms with Crippen molar-refractivity contribution < 1.29 is 0 Å². The molecule has 1 aromatic rings. The van der Waals surface area contributed by atoms with Crippen LogP contribution in [0.1, 0.15) is 19.3 Å². The minimum absolute atomic E-state index is 0.100. The lowest BCUT2D eigenvalue weighted by atomic mass is 10.3. The van der Waals surface area contributed by atoms with Gasteiger partial charge in [0.15, 0.2) is 0 Å². The third-order valence-corrected chi connectivity index (χ3v) is 3.81. The summed E-state index contributed by atoms with van der Waals surface area (Å²) >= 11 is 6.92. The Hall–Kier alpha value is -0.700. The van der Waals surface area contributed by atoms with Crippen molar-refractivity contribution in [3.63, 3.8) is 0 Å². The van der Waals surface area contributed by atoms with E-state index in [9.17, 15) is 4.79 Å². The molecule has 17 heavy (non-hydrogen) atoms. The van der Waals surface area contributed by atoms with E-state index in [1.807, 2.05) is 22.6 Å². The van der Waals surface area contributed by atoms with Crippen molar-refractivity contribution in [3.8, 4) is 0 Å². The fourth-order valence-corrected chi connectivity index (χ4v) is 2.35. The van der Waals surface area contributed by atoms with Gasteiger partial charge >= 0.3 is 0 Å². The third-order valence-electron chi connectivity index (χ3n) is 2.64. The summed E-state index contributed by atoms with van der Waals surface area (Å²) in [6.45, 7) is 0.729. The van der Waals surface area contributed by atoms with Crippen molar-refractivity contribution in [3.05, 3.63) is 20.3 Å². The number of halogens is 1. The summed E-state index contributed by atoms with van der Waals surface area (Å²) in [5, 5.41) is 0. The van der Waals surface area contributed by atoms with Gasteiger partial charge in [-0.2, -0.15) is 0 Å². The minimum Gasteiger partial charge on any atom is -0.393 e. The Morgan fingerprint density at radius 1 is 1.71 bits per heavy atom. The van der Waals surface area contributed by atoms with Crippen LogP contribution in [0.3, 0.4) is 0 Å². The average Bonchev–Trinajstić information content (AvgIpc) is 3.08. The van der Waals surface area contributed by atoms with Crippen LogP contribution in [0.5, 0.6) is 0 Å². The summed E-state index contributed by atoms with van der Waals surface area (Å²) in [4.78, 5) is 21.0. The topological polar surface area (TPSA) is 75.0 Å². The van der Waals surface area contributed by atoms with Gasteiger partial charge in [0, 0.05) is 19.0 Å². The normalized spacial score (nSPS) is 14.6. The number of anilines is 1. The van der Waals surface area contributed by atoms with Gasteiger partial charge in [-0.05, 0) is 35.4 Å². The van der Waals surface area contributed by atoms with Gasteiger partial charge in [-0.1, -0.05) is 12.2 Å². The number of hydrogen-bond acceptors (Lipinski definition) is 4. The second-order valence-corrected chi connectivity index (χ2v) is 5.61. The molecule has 0 amide bonds. The highest BCUT2D eigenvalue weighted by molar-refractivity contribution is 14.1. The summed E-state index contributed by atoms with van der Waals surface area (Å²) in [5.41, 5.74) is 5.42. The van der Waals surface area contributed by atoms with Crippen molar-refractivity contribution in [2.24, 2.45) is 5.73 Å². The van der Waals surface area contributed by atoms with E-state index in [1.54, 1.807) is 0 Å². The van der Waals surface area contributed by atoms with Crippen molar-refractivity contribution in [2.45, 2.75) is 25.3 Å². The zero-order valence-corrected chi connectivity index (χ0v) is 12.1. The van der Waals surface area contributed by atoms with Crippen molar-refractivity contribution in [1.29, 1.82) is 0 Å². The molecule has 0 atom stereocenters. The fraction of sp³-hybridized carbons (Fsp3) is 0.500. The first-order valence-corrected chi connectivity index (χ1v) is 6.86. The molecule has 1 aromatic heterocycles. The molecular weight excluding hydrogens is 351 g/mol. The molecule has 0 aliphatic heterocycles. The zero-order valence-electron chi connectivity index (χ0n) is 9.15. The monoisotopic (exact) mass is 364 g/mol. The highest BCUT2D eigenvalue weighted by Crippen LogP contribution is 2.31. The van der Waals surface area contributed by atoms with Crippen LogP contribution in [0.15, 0.2) is 11.1 Å². The number of hydrogen-bond donors (Lipinski definition) is 2. The van der Waals surface area contributed by atoms with E-state index in [0.717, 1.165) is 25.2 Å². The summed E-state index contributed by atoms with van der Waals surface area (Å²) < 4.78 is 0.625. The van der Waals surface area contributed by atoms with Crippen LogP contribution in [-0.4, -0.2) is 27.5 Å². The molecular formula is C10H13IN4OS. The highest BCUT2D eigenvalue weighted by Gasteiger charge is 2.31. The van der Waals surface area contributed by atoms with Crippen LogP contribution >= 0.6 is 34.8 Å². The van der Waals surface area contributed by atoms with E-state index in [-0.39, 0.29) is 5.56 Å². The lowest BCUT2D eigenvalue weighted by molar-refractivity contribution is 0.777. The molecule has 0 bridgehead atoms. The van der Waals surface area contributed by atoms with Crippen LogP contribution in [0.4, 0.5) is 5.82 Å². The number of rotatable bonds is 5. The van der Waals surface area contributed by atoms with Gasteiger partial charge in [0.2, 0.25) is 0 Å². The summed E-state index contributed by atoms with van der Waals surface area (Å²) in [7, 11) is 0. The van der Waals surface area contributed by atoms with Crippen LogP contribution < -0.4 is 16.2 Å². The Labute approximate surface area is 118 Å². The molecule has 1 heterocycles. The number of aromatic nitrogens is 2. The zero-order chi connectivity index (χ0) is 12.4. The largest absolute Gasteiger partial charge is 0.393 e.